The summed E-state index contributed by atoms with van der Waals surface area (Å²) >= 11 is 6.42. The van der Waals surface area contributed by atoms with E-state index in [2.05, 4.69) is 28.8 Å². The van der Waals surface area contributed by atoms with Gasteiger partial charge >= 0.3 is 0 Å². The van der Waals surface area contributed by atoms with Crippen molar-refractivity contribution in [3.05, 3.63) is 81.5 Å². The van der Waals surface area contributed by atoms with E-state index >= 15 is 0 Å². The fourth-order valence-corrected chi connectivity index (χ4v) is 4.58. The summed E-state index contributed by atoms with van der Waals surface area (Å²) in [6, 6.07) is 7.62. The number of nitrogens with one attached hydrogen (secondary N) is 1. The third-order valence-corrected chi connectivity index (χ3v) is 7.27. The van der Waals surface area contributed by atoms with Crippen LogP contribution >= 0.6 is 11.6 Å². The monoisotopic (exact) mass is 537 g/mol. The van der Waals surface area contributed by atoms with Crippen LogP contribution in [-0.2, 0) is 6.67 Å². The van der Waals surface area contributed by atoms with E-state index in [1.165, 1.54) is 6.07 Å². The Hall–Kier alpha value is -3.32. The van der Waals surface area contributed by atoms with Crippen molar-refractivity contribution in [3.8, 4) is 11.3 Å². The number of aryl methyl sites for hydroxylation is 1. The van der Waals surface area contributed by atoms with E-state index in [0.717, 1.165) is 59.8 Å². The molecule has 2 heterocycles. The first-order chi connectivity index (χ1) is 18.2. The molecule has 0 amide bonds. The molecule has 1 aliphatic rings. The van der Waals surface area contributed by atoms with Crippen LogP contribution in [0.2, 0.25) is 5.02 Å². The molecule has 1 unspecified atom stereocenters. The van der Waals surface area contributed by atoms with Crippen LogP contribution in [0.25, 0.3) is 17.0 Å². The van der Waals surface area contributed by atoms with Crippen molar-refractivity contribution >= 4 is 29.2 Å². The molecular formula is C30H34ClF2N5. The van der Waals surface area contributed by atoms with Gasteiger partial charge in [0, 0.05) is 41.2 Å². The molecule has 1 aliphatic carbocycles. The van der Waals surface area contributed by atoms with Gasteiger partial charge in [-0.3, -0.25) is 15.0 Å². The van der Waals surface area contributed by atoms with Crippen LogP contribution in [0.3, 0.4) is 0 Å². The Kier molecular flexibility index (Phi) is 8.77. The molecule has 200 valence electrons. The Labute approximate surface area is 228 Å². The molecule has 0 saturated heterocycles. The second kappa shape index (κ2) is 12.0. The Morgan fingerprint density at radius 1 is 1.29 bits per heavy atom. The SMILES string of the molecule is C=C(NCC(CCC)c1cc(C)c(C)c(-c2cc(CF)ncc2F)n1)c1cc(Cl)c(N)c(C=NC2CC2)c1. The molecule has 0 spiro atoms. The molecule has 38 heavy (non-hydrogen) atoms. The Morgan fingerprint density at radius 3 is 2.74 bits per heavy atom. The predicted octanol–water partition coefficient (Wildman–Crippen LogP) is 7.33. The highest BCUT2D eigenvalue weighted by atomic mass is 35.5. The van der Waals surface area contributed by atoms with Crippen LogP contribution in [0, 0.1) is 19.7 Å². The number of halogens is 3. The van der Waals surface area contributed by atoms with Gasteiger partial charge in [0.25, 0.3) is 0 Å². The second-order valence-corrected chi connectivity index (χ2v) is 10.3. The van der Waals surface area contributed by atoms with Gasteiger partial charge in [0.15, 0.2) is 5.82 Å². The molecule has 0 radical (unpaired) electrons. The second-order valence-electron chi connectivity index (χ2n) is 9.94. The van der Waals surface area contributed by atoms with Crippen molar-refractivity contribution in [1.82, 2.24) is 15.3 Å². The molecule has 3 N–H and O–H groups in total. The van der Waals surface area contributed by atoms with Crippen molar-refractivity contribution < 1.29 is 8.78 Å². The van der Waals surface area contributed by atoms with Crippen LogP contribution in [-0.4, -0.2) is 28.8 Å². The predicted molar refractivity (Wildman–Crippen MR) is 153 cm³/mol. The molecule has 1 fully saturated rings. The third kappa shape index (κ3) is 6.38. The quantitative estimate of drug-likeness (QED) is 0.198. The molecule has 1 atom stereocenters. The van der Waals surface area contributed by atoms with Crippen molar-refractivity contribution in [2.24, 2.45) is 4.99 Å². The molecule has 0 aliphatic heterocycles. The Bertz CT molecular complexity index is 1370. The number of hydrogen-bond donors (Lipinski definition) is 2. The summed E-state index contributed by atoms with van der Waals surface area (Å²) in [6.45, 7) is 10.0. The van der Waals surface area contributed by atoms with Gasteiger partial charge in [0.1, 0.15) is 6.67 Å². The van der Waals surface area contributed by atoms with Crippen LogP contribution in [0.4, 0.5) is 14.5 Å². The topological polar surface area (TPSA) is 76.2 Å². The number of nitrogens with two attached hydrogens (primary N) is 1. The largest absolute Gasteiger partial charge is 0.397 e. The van der Waals surface area contributed by atoms with Gasteiger partial charge in [0.05, 0.1) is 34.3 Å². The van der Waals surface area contributed by atoms with Crippen molar-refractivity contribution in [3.63, 3.8) is 0 Å². The van der Waals surface area contributed by atoms with E-state index < -0.39 is 12.5 Å². The summed E-state index contributed by atoms with van der Waals surface area (Å²) in [5.74, 6) is -0.477. The minimum absolute atomic E-state index is 0.0421. The van der Waals surface area contributed by atoms with Crippen LogP contribution in [0.5, 0.6) is 0 Å². The summed E-state index contributed by atoms with van der Waals surface area (Å²) in [6.07, 6.45) is 6.87. The summed E-state index contributed by atoms with van der Waals surface area (Å²) in [5, 5.41) is 3.90. The standard InChI is InChI=1S/C30H34ClF2N5/c1-5-6-20(14-35-19(4)21-10-22(15-36-23-7-8-23)29(34)26(31)11-21)28-9-17(2)18(3)30(38-28)25-12-24(13-32)37-16-27(25)33/h9-12,15-16,20,23,35H,4-8,13-14,34H2,1-3H3. The van der Waals surface area contributed by atoms with E-state index in [1.807, 2.05) is 26.0 Å². The van der Waals surface area contributed by atoms with E-state index in [0.29, 0.717) is 34.7 Å². The zero-order chi connectivity index (χ0) is 27.4. The molecular weight excluding hydrogens is 504 g/mol. The zero-order valence-corrected chi connectivity index (χ0v) is 22.9. The molecule has 1 saturated carbocycles. The Balaban J connectivity index is 1.59. The lowest BCUT2D eigenvalue weighted by Gasteiger charge is -2.21. The normalized spacial score (nSPS) is 14.2. The van der Waals surface area contributed by atoms with Gasteiger partial charge in [-0.1, -0.05) is 31.5 Å². The van der Waals surface area contributed by atoms with Crippen LogP contribution in [0.15, 0.2) is 42.0 Å². The van der Waals surface area contributed by atoms with Gasteiger partial charge in [-0.15, -0.1) is 0 Å². The number of aromatic nitrogens is 2. The number of aliphatic imine (C=N–C) groups is 1. The number of nitrogen functional groups attached to an aromatic ring is 1. The summed E-state index contributed by atoms with van der Waals surface area (Å²) in [4.78, 5) is 13.2. The van der Waals surface area contributed by atoms with Crippen molar-refractivity contribution in [2.75, 3.05) is 12.3 Å². The van der Waals surface area contributed by atoms with E-state index in [4.69, 9.17) is 22.3 Å². The van der Waals surface area contributed by atoms with Crippen molar-refractivity contribution in [1.29, 1.82) is 0 Å². The fraction of sp³-hybridized carbons (Fsp3) is 0.367. The highest BCUT2D eigenvalue weighted by molar-refractivity contribution is 6.34. The van der Waals surface area contributed by atoms with E-state index in [9.17, 15) is 8.78 Å². The maximum Gasteiger partial charge on any atom is 0.150 e. The third-order valence-electron chi connectivity index (χ3n) is 6.95. The highest BCUT2D eigenvalue weighted by Gasteiger charge is 2.21. The van der Waals surface area contributed by atoms with Gasteiger partial charge in [-0.05, 0) is 74.1 Å². The first-order valence-electron chi connectivity index (χ1n) is 13.0. The minimum Gasteiger partial charge on any atom is -0.397 e. The fourth-order valence-electron chi connectivity index (χ4n) is 4.35. The number of nitrogens with zero attached hydrogens (tertiary/aromatic N) is 3. The number of rotatable bonds is 11. The summed E-state index contributed by atoms with van der Waals surface area (Å²) in [5.41, 5.74) is 12.7. The number of pyridine rings is 2. The van der Waals surface area contributed by atoms with Gasteiger partial charge in [-0.25, -0.2) is 8.78 Å². The molecule has 4 rings (SSSR count). The molecule has 5 nitrogen and oxygen atoms in total. The molecule has 3 aromatic rings. The average molecular weight is 538 g/mol. The lowest BCUT2D eigenvalue weighted by Crippen LogP contribution is -2.21. The molecule has 1 aromatic carbocycles. The van der Waals surface area contributed by atoms with Crippen LogP contribution < -0.4 is 11.1 Å². The summed E-state index contributed by atoms with van der Waals surface area (Å²) in [7, 11) is 0. The average Bonchev–Trinajstić information content (AvgIpc) is 3.73. The van der Waals surface area contributed by atoms with Crippen LogP contribution in [0.1, 0.15) is 72.2 Å². The first-order valence-corrected chi connectivity index (χ1v) is 13.3. The molecule has 8 heteroatoms. The van der Waals surface area contributed by atoms with Gasteiger partial charge in [-0.2, -0.15) is 0 Å². The van der Waals surface area contributed by atoms with Crippen molar-refractivity contribution in [2.45, 2.75) is 65.1 Å². The Morgan fingerprint density at radius 2 is 2.05 bits per heavy atom. The zero-order valence-electron chi connectivity index (χ0n) is 22.1. The first kappa shape index (κ1) is 27.7. The smallest absolute Gasteiger partial charge is 0.150 e. The van der Waals surface area contributed by atoms with Gasteiger partial charge < -0.3 is 11.1 Å². The number of benzene rings is 1. The maximum atomic E-state index is 14.7. The van der Waals surface area contributed by atoms with E-state index in [-0.39, 0.29) is 17.2 Å². The number of alkyl halides is 1. The minimum atomic E-state index is -0.765. The number of anilines is 1. The lowest BCUT2D eigenvalue weighted by atomic mass is 9.94. The molecule has 0 bridgehead atoms. The summed E-state index contributed by atoms with van der Waals surface area (Å²) < 4.78 is 28.0. The lowest BCUT2D eigenvalue weighted by molar-refractivity contribution is 0.474. The van der Waals surface area contributed by atoms with E-state index in [1.54, 1.807) is 12.3 Å². The van der Waals surface area contributed by atoms with Gasteiger partial charge in [0.2, 0.25) is 0 Å². The maximum absolute atomic E-state index is 14.7. The number of hydrogen-bond acceptors (Lipinski definition) is 5. The molecule has 2 aromatic heterocycles. The highest BCUT2D eigenvalue weighted by Crippen LogP contribution is 2.32.